The molecule has 1 aliphatic heterocycles. The first kappa shape index (κ1) is 24.7. The zero-order chi connectivity index (χ0) is 19.7. The molecule has 1 aromatic heterocycles. The Morgan fingerprint density at radius 3 is 2.46 bits per heavy atom. The van der Waals surface area contributed by atoms with Crippen LogP contribution in [-0.2, 0) is 10.0 Å². The average molecular weight is 527 g/mol. The van der Waals surface area contributed by atoms with Gasteiger partial charge in [0.05, 0.1) is 12.0 Å². The SMILES string of the molecule is CCNC(=NCCCNS(=O)(=O)CC)N1CCN(C(=O)c2ccco2)CC1.I. The third-order valence-corrected chi connectivity index (χ3v) is 5.64. The van der Waals surface area contributed by atoms with Gasteiger partial charge in [0.25, 0.3) is 5.91 Å². The second kappa shape index (κ2) is 12.3. The number of hydrogen-bond acceptors (Lipinski definition) is 5. The van der Waals surface area contributed by atoms with Crippen LogP contribution in [-0.4, -0.2) is 81.7 Å². The summed E-state index contributed by atoms with van der Waals surface area (Å²) in [6.45, 7) is 7.82. The van der Waals surface area contributed by atoms with Crippen LogP contribution >= 0.6 is 24.0 Å². The highest BCUT2D eigenvalue weighted by molar-refractivity contribution is 14.0. The van der Waals surface area contributed by atoms with E-state index in [0.717, 1.165) is 12.5 Å². The molecule has 2 rings (SSSR count). The molecule has 1 fully saturated rings. The maximum Gasteiger partial charge on any atom is 0.289 e. The normalized spacial score (nSPS) is 15.3. The number of carbonyl (C=O) groups is 1. The number of furan rings is 1. The van der Waals surface area contributed by atoms with E-state index in [1.54, 1.807) is 24.0 Å². The van der Waals surface area contributed by atoms with Gasteiger partial charge in [0.2, 0.25) is 10.0 Å². The molecule has 0 spiro atoms. The first-order valence-corrected chi connectivity index (χ1v) is 11.0. The minimum absolute atomic E-state index is 0. The summed E-state index contributed by atoms with van der Waals surface area (Å²) in [4.78, 5) is 20.8. The van der Waals surface area contributed by atoms with Gasteiger partial charge in [-0.2, -0.15) is 0 Å². The van der Waals surface area contributed by atoms with E-state index >= 15 is 0 Å². The summed E-state index contributed by atoms with van der Waals surface area (Å²) in [6, 6.07) is 3.38. The van der Waals surface area contributed by atoms with Crippen LogP contribution in [0.5, 0.6) is 0 Å². The van der Waals surface area contributed by atoms with Crippen molar-refractivity contribution in [3.05, 3.63) is 24.2 Å². The van der Waals surface area contributed by atoms with Crippen LogP contribution in [0.4, 0.5) is 0 Å². The number of amides is 1. The Morgan fingerprint density at radius 1 is 1.21 bits per heavy atom. The van der Waals surface area contributed by atoms with Gasteiger partial charge in [-0.25, -0.2) is 13.1 Å². The summed E-state index contributed by atoms with van der Waals surface area (Å²) in [6.07, 6.45) is 2.13. The van der Waals surface area contributed by atoms with E-state index in [9.17, 15) is 13.2 Å². The highest BCUT2D eigenvalue weighted by Gasteiger charge is 2.25. The fourth-order valence-corrected chi connectivity index (χ4v) is 3.36. The zero-order valence-corrected chi connectivity index (χ0v) is 19.5. The van der Waals surface area contributed by atoms with Crippen molar-refractivity contribution in [2.75, 3.05) is 51.6 Å². The Bertz CT molecular complexity index is 716. The predicted octanol–water partition coefficient (Wildman–Crippen LogP) is 0.950. The molecule has 160 valence electrons. The van der Waals surface area contributed by atoms with Crippen molar-refractivity contribution >= 4 is 45.9 Å². The highest BCUT2D eigenvalue weighted by Crippen LogP contribution is 2.09. The highest BCUT2D eigenvalue weighted by atomic mass is 127. The van der Waals surface area contributed by atoms with Gasteiger partial charge >= 0.3 is 0 Å². The summed E-state index contributed by atoms with van der Waals surface area (Å²) >= 11 is 0. The fourth-order valence-electron chi connectivity index (χ4n) is 2.70. The Hall–Kier alpha value is -1.34. The van der Waals surface area contributed by atoms with E-state index in [4.69, 9.17) is 4.42 Å². The second-order valence-electron chi connectivity index (χ2n) is 6.14. The molecule has 0 saturated carbocycles. The van der Waals surface area contributed by atoms with Gasteiger partial charge in [-0.3, -0.25) is 9.79 Å². The van der Waals surface area contributed by atoms with Crippen molar-refractivity contribution in [1.82, 2.24) is 19.8 Å². The number of hydrogen-bond donors (Lipinski definition) is 2. The molecule has 1 aromatic rings. The minimum Gasteiger partial charge on any atom is -0.459 e. The average Bonchev–Trinajstić information content (AvgIpc) is 3.21. The minimum atomic E-state index is -3.15. The molecular weight excluding hydrogens is 497 g/mol. The lowest BCUT2D eigenvalue weighted by atomic mass is 10.3. The van der Waals surface area contributed by atoms with Crippen molar-refractivity contribution < 1.29 is 17.6 Å². The Kier molecular flexibility index (Phi) is 10.8. The maximum absolute atomic E-state index is 12.3. The molecule has 1 aliphatic rings. The van der Waals surface area contributed by atoms with Gasteiger partial charge in [0.15, 0.2) is 11.7 Å². The summed E-state index contributed by atoms with van der Waals surface area (Å²) in [7, 11) is -3.15. The third-order valence-electron chi connectivity index (χ3n) is 4.23. The van der Waals surface area contributed by atoms with Gasteiger partial charge in [0, 0.05) is 45.8 Å². The summed E-state index contributed by atoms with van der Waals surface area (Å²) < 4.78 is 30.5. The van der Waals surface area contributed by atoms with Gasteiger partial charge in [-0.15, -0.1) is 24.0 Å². The van der Waals surface area contributed by atoms with E-state index in [2.05, 4.69) is 19.9 Å². The number of guanidine groups is 1. The lowest BCUT2D eigenvalue weighted by molar-refractivity contribution is 0.0657. The van der Waals surface area contributed by atoms with Crippen LogP contribution in [0.1, 0.15) is 30.8 Å². The van der Waals surface area contributed by atoms with Gasteiger partial charge in [0.1, 0.15) is 0 Å². The standard InChI is InChI=1S/C17H29N5O4S.HI/c1-3-18-17(19-8-6-9-20-27(24,25)4-2)22-12-10-21(11-13-22)16(23)15-7-5-14-26-15;/h5,7,14,20H,3-4,6,8-13H2,1-2H3,(H,18,19);1H. The van der Waals surface area contributed by atoms with Crippen LogP contribution in [0.3, 0.4) is 0 Å². The van der Waals surface area contributed by atoms with Gasteiger partial charge in [-0.1, -0.05) is 0 Å². The number of aliphatic imine (C=N–C) groups is 1. The Balaban J connectivity index is 0.00000392. The van der Waals surface area contributed by atoms with Gasteiger partial charge < -0.3 is 19.5 Å². The van der Waals surface area contributed by atoms with Crippen molar-refractivity contribution in [3.63, 3.8) is 0 Å². The van der Waals surface area contributed by atoms with E-state index < -0.39 is 10.0 Å². The van der Waals surface area contributed by atoms with Crippen molar-refractivity contribution in [1.29, 1.82) is 0 Å². The number of halogens is 1. The van der Waals surface area contributed by atoms with Crippen molar-refractivity contribution in [2.24, 2.45) is 4.99 Å². The fraction of sp³-hybridized carbons (Fsp3) is 0.647. The van der Waals surface area contributed by atoms with Crippen LogP contribution in [0.15, 0.2) is 27.8 Å². The summed E-state index contributed by atoms with van der Waals surface area (Å²) in [5, 5.41) is 3.26. The smallest absolute Gasteiger partial charge is 0.289 e. The molecule has 1 amide bonds. The molecule has 0 radical (unpaired) electrons. The van der Waals surface area contributed by atoms with Crippen molar-refractivity contribution in [3.8, 4) is 0 Å². The van der Waals surface area contributed by atoms with Gasteiger partial charge in [-0.05, 0) is 32.4 Å². The number of nitrogens with one attached hydrogen (secondary N) is 2. The molecule has 0 aromatic carbocycles. The number of rotatable bonds is 8. The largest absolute Gasteiger partial charge is 0.459 e. The Labute approximate surface area is 184 Å². The van der Waals surface area contributed by atoms with E-state index in [1.807, 2.05) is 6.92 Å². The molecule has 2 N–H and O–H groups in total. The third kappa shape index (κ3) is 7.59. The maximum atomic E-state index is 12.3. The molecule has 0 aliphatic carbocycles. The van der Waals surface area contributed by atoms with Crippen LogP contribution < -0.4 is 10.0 Å². The summed E-state index contributed by atoms with van der Waals surface area (Å²) in [5.41, 5.74) is 0. The molecule has 1 saturated heterocycles. The van der Waals surface area contributed by atoms with E-state index in [0.29, 0.717) is 51.4 Å². The molecule has 0 unspecified atom stereocenters. The first-order valence-electron chi connectivity index (χ1n) is 9.30. The Morgan fingerprint density at radius 2 is 1.89 bits per heavy atom. The molecule has 2 heterocycles. The second-order valence-corrected chi connectivity index (χ2v) is 8.24. The molecule has 11 heteroatoms. The molecule has 0 bridgehead atoms. The lowest BCUT2D eigenvalue weighted by Gasteiger charge is -2.36. The number of sulfonamides is 1. The number of nitrogens with zero attached hydrogens (tertiary/aromatic N) is 3. The molecule has 0 atom stereocenters. The van der Waals surface area contributed by atoms with E-state index in [1.165, 1.54) is 6.26 Å². The molecule has 9 nitrogen and oxygen atoms in total. The van der Waals surface area contributed by atoms with Crippen LogP contribution in [0.25, 0.3) is 0 Å². The van der Waals surface area contributed by atoms with E-state index in [-0.39, 0.29) is 35.6 Å². The predicted molar refractivity (Wildman–Crippen MR) is 120 cm³/mol. The number of piperazine rings is 1. The monoisotopic (exact) mass is 527 g/mol. The van der Waals surface area contributed by atoms with Crippen molar-refractivity contribution in [2.45, 2.75) is 20.3 Å². The lowest BCUT2D eigenvalue weighted by Crippen LogP contribution is -2.53. The summed E-state index contributed by atoms with van der Waals surface area (Å²) in [5.74, 6) is 1.14. The number of carbonyl (C=O) groups excluding carboxylic acids is 1. The zero-order valence-electron chi connectivity index (χ0n) is 16.4. The first-order chi connectivity index (χ1) is 13.0. The molecule has 28 heavy (non-hydrogen) atoms. The van der Waals surface area contributed by atoms with Crippen LogP contribution in [0, 0.1) is 0 Å². The topological polar surface area (TPSA) is 107 Å². The van der Waals surface area contributed by atoms with Crippen LogP contribution in [0.2, 0.25) is 0 Å². The molecular formula is C17H30IN5O4S. The quantitative estimate of drug-likeness (QED) is 0.226.